The molecule has 0 fully saturated rings. The third-order valence-corrected chi connectivity index (χ3v) is 5.14. The Hall–Kier alpha value is -3.91. The Kier molecular flexibility index (Phi) is 5.81. The van der Waals surface area contributed by atoms with Gasteiger partial charge in [-0.25, -0.2) is 13.8 Å². The molecule has 2 amide bonds. The fraction of sp³-hybridized carbons (Fsp3) is 0. The van der Waals surface area contributed by atoms with E-state index in [2.05, 4.69) is 15.6 Å². The van der Waals surface area contributed by atoms with E-state index in [1.165, 1.54) is 47.7 Å². The Morgan fingerprint density at radius 2 is 1.39 bits per heavy atom. The normalized spacial score (nSPS) is 10.5. The number of halogens is 2. The summed E-state index contributed by atoms with van der Waals surface area (Å²) in [5.41, 5.74) is 1.59. The molecule has 0 atom stereocenters. The molecular formula is C23H15F2N3O2S. The van der Waals surface area contributed by atoms with E-state index >= 15 is 0 Å². The molecule has 0 spiro atoms. The minimum Gasteiger partial charge on any atom is -0.322 e. The Bertz CT molecular complexity index is 1270. The van der Waals surface area contributed by atoms with Gasteiger partial charge >= 0.3 is 0 Å². The minimum absolute atomic E-state index is 0.0558. The lowest BCUT2D eigenvalue weighted by Crippen LogP contribution is -2.13. The van der Waals surface area contributed by atoms with Crippen LogP contribution in [0.4, 0.5) is 19.6 Å². The minimum atomic E-state index is -0.616. The summed E-state index contributed by atoms with van der Waals surface area (Å²) >= 11 is 1.19. The van der Waals surface area contributed by atoms with Crippen LogP contribution in [0.15, 0.2) is 78.2 Å². The van der Waals surface area contributed by atoms with Gasteiger partial charge in [0.25, 0.3) is 11.8 Å². The number of nitrogens with one attached hydrogen (secondary N) is 2. The average Bonchev–Trinajstić information content (AvgIpc) is 3.23. The predicted octanol–water partition coefficient (Wildman–Crippen LogP) is 5.59. The van der Waals surface area contributed by atoms with Crippen molar-refractivity contribution in [2.75, 3.05) is 10.6 Å². The van der Waals surface area contributed by atoms with Gasteiger partial charge in [-0.1, -0.05) is 36.4 Å². The molecule has 4 rings (SSSR count). The summed E-state index contributed by atoms with van der Waals surface area (Å²) in [5.74, 6) is -2.38. The second kappa shape index (κ2) is 8.85. The van der Waals surface area contributed by atoms with E-state index in [1.54, 1.807) is 41.8 Å². The van der Waals surface area contributed by atoms with Gasteiger partial charge in [-0.15, -0.1) is 11.3 Å². The molecule has 0 aliphatic heterocycles. The molecule has 31 heavy (non-hydrogen) atoms. The van der Waals surface area contributed by atoms with Crippen molar-refractivity contribution in [3.05, 3.63) is 101 Å². The van der Waals surface area contributed by atoms with Crippen LogP contribution in [0.5, 0.6) is 0 Å². The number of aromatic nitrogens is 1. The zero-order chi connectivity index (χ0) is 21.8. The number of hydrogen-bond donors (Lipinski definition) is 2. The maximum absolute atomic E-state index is 13.8. The molecule has 0 unspecified atom stereocenters. The molecule has 0 aliphatic carbocycles. The second-order valence-corrected chi connectivity index (χ2v) is 7.34. The number of thiazole rings is 1. The standard InChI is InChI=1S/C23H15F2N3O2S/c24-18-10-3-1-8-16(18)21(29)26-15-7-5-6-14(12-15)20-13-31-23(27-20)28-22(30)17-9-2-4-11-19(17)25/h1-13H,(H,26,29)(H,27,28,30). The molecule has 154 valence electrons. The number of hydrogen-bond acceptors (Lipinski definition) is 4. The molecule has 0 bridgehead atoms. The van der Waals surface area contributed by atoms with Crippen LogP contribution in [0.2, 0.25) is 0 Å². The molecular weight excluding hydrogens is 420 g/mol. The number of benzene rings is 3. The van der Waals surface area contributed by atoms with Crippen molar-refractivity contribution in [3.8, 4) is 11.3 Å². The first-order valence-corrected chi connectivity index (χ1v) is 10.1. The first kappa shape index (κ1) is 20.4. The Morgan fingerprint density at radius 1 is 0.774 bits per heavy atom. The van der Waals surface area contributed by atoms with Gasteiger partial charge in [0.1, 0.15) is 11.6 Å². The van der Waals surface area contributed by atoms with E-state index in [4.69, 9.17) is 0 Å². The predicted molar refractivity (Wildman–Crippen MR) is 116 cm³/mol. The summed E-state index contributed by atoms with van der Waals surface area (Å²) in [7, 11) is 0. The molecule has 4 aromatic rings. The summed E-state index contributed by atoms with van der Waals surface area (Å²) in [6.45, 7) is 0. The molecule has 1 aromatic heterocycles. The fourth-order valence-corrected chi connectivity index (χ4v) is 3.59. The summed E-state index contributed by atoms with van der Waals surface area (Å²) < 4.78 is 27.6. The highest BCUT2D eigenvalue weighted by Crippen LogP contribution is 2.27. The Labute approximate surface area is 180 Å². The Balaban J connectivity index is 1.49. The van der Waals surface area contributed by atoms with E-state index in [-0.39, 0.29) is 11.1 Å². The maximum Gasteiger partial charge on any atom is 0.260 e. The quantitative estimate of drug-likeness (QED) is 0.429. The van der Waals surface area contributed by atoms with E-state index in [9.17, 15) is 18.4 Å². The van der Waals surface area contributed by atoms with E-state index < -0.39 is 23.4 Å². The van der Waals surface area contributed by atoms with Gasteiger partial charge in [0.05, 0.1) is 16.8 Å². The molecule has 0 radical (unpaired) electrons. The lowest BCUT2D eigenvalue weighted by molar-refractivity contribution is 0.101. The van der Waals surface area contributed by atoms with Gasteiger partial charge in [0.2, 0.25) is 0 Å². The number of carbonyl (C=O) groups is 2. The van der Waals surface area contributed by atoms with Crippen LogP contribution in [0, 0.1) is 11.6 Å². The van der Waals surface area contributed by atoms with Gasteiger partial charge in [-0.05, 0) is 36.4 Å². The van der Waals surface area contributed by atoms with Crippen LogP contribution in [0.3, 0.4) is 0 Å². The van der Waals surface area contributed by atoms with Crippen LogP contribution in [-0.4, -0.2) is 16.8 Å². The molecule has 0 saturated carbocycles. The van der Waals surface area contributed by atoms with Crippen LogP contribution < -0.4 is 10.6 Å². The summed E-state index contributed by atoms with van der Waals surface area (Å²) in [4.78, 5) is 28.9. The third kappa shape index (κ3) is 4.65. The first-order valence-electron chi connectivity index (χ1n) is 9.19. The number of rotatable bonds is 5. The molecule has 5 nitrogen and oxygen atoms in total. The smallest absolute Gasteiger partial charge is 0.260 e. The molecule has 0 aliphatic rings. The number of anilines is 2. The Morgan fingerprint density at radius 3 is 2.03 bits per heavy atom. The number of amides is 2. The van der Waals surface area contributed by atoms with Crippen LogP contribution in [0.25, 0.3) is 11.3 Å². The SMILES string of the molecule is O=C(Nc1cccc(-c2csc(NC(=O)c3ccccc3F)n2)c1)c1ccccc1F. The van der Waals surface area contributed by atoms with Gasteiger partial charge in [-0.3, -0.25) is 14.9 Å². The van der Waals surface area contributed by atoms with Crippen molar-refractivity contribution in [1.82, 2.24) is 4.98 Å². The zero-order valence-corrected chi connectivity index (χ0v) is 16.7. The molecule has 8 heteroatoms. The largest absolute Gasteiger partial charge is 0.322 e. The van der Waals surface area contributed by atoms with Crippen molar-refractivity contribution in [2.45, 2.75) is 0 Å². The summed E-state index contributed by atoms with van der Waals surface area (Å²) in [6, 6.07) is 18.3. The third-order valence-electron chi connectivity index (χ3n) is 4.38. The van der Waals surface area contributed by atoms with E-state index in [1.807, 2.05) is 0 Å². The van der Waals surface area contributed by atoms with Gasteiger partial charge in [0, 0.05) is 16.6 Å². The number of carbonyl (C=O) groups excluding carboxylic acids is 2. The zero-order valence-electron chi connectivity index (χ0n) is 15.9. The molecule has 3 aromatic carbocycles. The maximum atomic E-state index is 13.8. The van der Waals surface area contributed by atoms with Crippen molar-refractivity contribution in [1.29, 1.82) is 0 Å². The van der Waals surface area contributed by atoms with Gasteiger partial charge in [0.15, 0.2) is 5.13 Å². The monoisotopic (exact) mass is 435 g/mol. The molecule has 0 saturated heterocycles. The van der Waals surface area contributed by atoms with Crippen molar-refractivity contribution < 1.29 is 18.4 Å². The van der Waals surface area contributed by atoms with Gasteiger partial charge in [-0.2, -0.15) is 0 Å². The highest BCUT2D eigenvalue weighted by Gasteiger charge is 2.14. The van der Waals surface area contributed by atoms with E-state index in [0.717, 1.165) is 0 Å². The lowest BCUT2D eigenvalue weighted by atomic mass is 10.1. The topological polar surface area (TPSA) is 71.1 Å². The van der Waals surface area contributed by atoms with Crippen LogP contribution in [0.1, 0.15) is 20.7 Å². The van der Waals surface area contributed by atoms with Crippen molar-refractivity contribution in [3.63, 3.8) is 0 Å². The molecule has 1 heterocycles. The lowest BCUT2D eigenvalue weighted by Gasteiger charge is -2.07. The fourth-order valence-electron chi connectivity index (χ4n) is 2.87. The van der Waals surface area contributed by atoms with E-state index in [0.29, 0.717) is 22.1 Å². The van der Waals surface area contributed by atoms with Gasteiger partial charge < -0.3 is 5.32 Å². The first-order chi connectivity index (χ1) is 15.0. The average molecular weight is 435 g/mol. The molecule has 2 N–H and O–H groups in total. The van der Waals surface area contributed by atoms with Crippen LogP contribution in [-0.2, 0) is 0 Å². The second-order valence-electron chi connectivity index (χ2n) is 6.49. The highest BCUT2D eigenvalue weighted by molar-refractivity contribution is 7.14. The summed E-state index contributed by atoms with van der Waals surface area (Å²) in [6.07, 6.45) is 0. The van der Waals surface area contributed by atoms with Crippen molar-refractivity contribution in [2.24, 2.45) is 0 Å². The van der Waals surface area contributed by atoms with Crippen molar-refractivity contribution >= 4 is 34.0 Å². The summed E-state index contributed by atoms with van der Waals surface area (Å²) in [5, 5.41) is 7.28. The number of nitrogens with zero attached hydrogens (tertiary/aromatic N) is 1. The van der Waals surface area contributed by atoms with Crippen LogP contribution >= 0.6 is 11.3 Å². The highest BCUT2D eigenvalue weighted by atomic mass is 32.1.